The standard InChI is InChI=1S/C26H30N6O2S/c1-3-17-13-20(33)7-9-21(17)18-6-8-22-23(14-18)30-31-25(22)26-28-15-24(29-26)19-5-4-10-32(16-19)11-12-35(34)27-2/h5-9,13-15,27,33H,3-4,10-12,16H2,1-2H3,(H,28,29)(H,30,31). The van der Waals surface area contributed by atoms with Crippen molar-refractivity contribution in [1.29, 1.82) is 0 Å². The number of H-pyrrole nitrogens is 2. The van der Waals surface area contributed by atoms with E-state index in [2.05, 4.69) is 61.0 Å². The third-order valence-corrected chi connectivity index (χ3v) is 7.55. The maximum atomic E-state index is 11.7. The first-order valence-electron chi connectivity index (χ1n) is 11.9. The van der Waals surface area contributed by atoms with Gasteiger partial charge in [0.1, 0.15) is 11.4 Å². The molecule has 4 aromatic rings. The van der Waals surface area contributed by atoms with Crippen molar-refractivity contribution < 1.29 is 9.32 Å². The van der Waals surface area contributed by atoms with E-state index in [-0.39, 0.29) is 5.75 Å². The molecule has 182 valence electrons. The Labute approximate surface area is 207 Å². The van der Waals surface area contributed by atoms with Crippen LogP contribution in [0.2, 0.25) is 0 Å². The second-order valence-electron chi connectivity index (χ2n) is 8.72. The molecule has 0 fully saturated rings. The highest BCUT2D eigenvalue weighted by atomic mass is 32.2. The Hall–Kier alpha value is -3.27. The SMILES string of the molecule is CCc1cc(O)ccc1-c1ccc2c(-c3ncc(C4=CCCN(CCS(=O)NC)C4)[nH]3)n[nH]c2c1. The zero-order chi connectivity index (χ0) is 24.4. The predicted molar refractivity (Wildman–Crippen MR) is 141 cm³/mol. The van der Waals surface area contributed by atoms with E-state index in [1.165, 1.54) is 5.57 Å². The van der Waals surface area contributed by atoms with Gasteiger partial charge in [0, 0.05) is 25.0 Å². The quantitative estimate of drug-likeness (QED) is 0.300. The molecule has 3 heterocycles. The van der Waals surface area contributed by atoms with Crippen LogP contribution in [0.1, 0.15) is 24.6 Å². The maximum Gasteiger partial charge on any atom is 0.159 e. The second kappa shape index (κ2) is 10.2. The fraction of sp³-hybridized carbons (Fsp3) is 0.308. The first-order valence-corrected chi connectivity index (χ1v) is 13.2. The van der Waals surface area contributed by atoms with Gasteiger partial charge in [-0.2, -0.15) is 5.10 Å². The van der Waals surface area contributed by atoms with Gasteiger partial charge in [-0.15, -0.1) is 0 Å². The fourth-order valence-electron chi connectivity index (χ4n) is 4.63. The van der Waals surface area contributed by atoms with Crippen molar-refractivity contribution >= 4 is 27.5 Å². The van der Waals surface area contributed by atoms with E-state index >= 15 is 0 Å². The van der Waals surface area contributed by atoms with E-state index in [1.54, 1.807) is 13.1 Å². The Kier molecular flexibility index (Phi) is 6.81. The highest BCUT2D eigenvalue weighted by molar-refractivity contribution is 7.83. The van der Waals surface area contributed by atoms with Gasteiger partial charge in [0.2, 0.25) is 0 Å². The molecule has 1 aliphatic rings. The molecule has 2 aromatic heterocycles. The number of hydrogen-bond acceptors (Lipinski definition) is 5. The molecule has 2 aromatic carbocycles. The smallest absolute Gasteiger partial charge is 0.159 e. The molecule has 35 heavy (non-hydrogen) atoms. The number of nitrogens with one attached hydrogen (secondary N) is 3. The molecule has 0 radical (unpaired) electrons. The molecular formula is C26H30N6O2S. The molecule has 8 nitrogen and oxygen atoms in total. The molecule has 0 amide bonds. The van der Waals surface area contributed by atoms with Crippen molar-refractivity contribution in [2.45, 2.75) is 19.8 Å². The summed E-state index contributed by atoms with van der Waals surface area (Å²) in [5.41, 5.74) is 7.21. The predicted octanol–water partition coefficient (Wildman–Crippen LogP) is 3.86. The zero-order valence-electron chi connectivity index (χ0n) is 20.0. The van der Waals surface area contributed by atoms with Crippen molar-refractivity contribution in [3.8, 4) is 28.4 Å². The number of nitrogens with zero attached hydrogens (tertiary/aromatic N) is 3. The number of aromatic hydroxyl groups is 1. The van der Waals surface area contributed by atoms with E-state index in [9.17, 15) is 9.32 Å². The van der Waals surface area contributed by atoms with Crippen LogP contribution in [0.5, 0.6) is 5.75 Å². The molecule has 0 spiro atoms. The van der Waals surface area contributed by atoms with Gasteiger partial charge >= 0.3 is 0 Å². The van der Waals surface area contributed by atoms with Gasteiger partial charge < -0.3 is 10.1 Å². The minimum atomic E-state index is -0.986. The lowest BCUT2D eigenvalue weighted by molar-refractivity contribution is 0.323. The number of aromatic nitrogens is 4. The Morgan fingerprint density at radius 1 is 1.23 bits per heavy atom. The lowest BCUT2D eigenvalue weighted by Gasteiger charge is -2.26. The summed E-state index contributed by atoms with van der Waals surface area (Å²) in [6.07, 6.45) is 5.92. The summed E-state index contributed by atoms with van der Waals surface area (Å²) in [6, 6.07) is 11.8. The summed E-state index contributed by atoms with van der Waals surface area (Å²) in [5, 5.41) is 18.6. The Morgan fingerprint density at radius 3 is 2.94 bits per heavy atom. The number of aryl methyl sites for hydroxylation is 1. The van der Waals surface area contributed by atoms with Crippen LogP contribution in [0.15, 0.2) is 48.7 Å². The highest BCUT2D eigenvalue weighted by Gasteiger charge is 2.18. The van der Waals surface area contributed by atoms with Crippen molar-refractivity contribution in [2.24, 2.45) is 0 Å². The van der Waals surface area contributed by atoms with E-state index in [0.29, 0.717) is 5.75 Å². The molecule has 0 bridgehead atoms. The van der Waals surface area contributed by atoms with Crippen LogP contribution in [-0.4, -0.2) is 66.8 Å². The van der Waals surface area contributed by atoms with E-state index in [0.717, 1.165) is 77.3 Å². The van der Waals surface area contributed by atoms with Crippen LogP contribution in [-0.2, 0) is 17.4 Å². The minimum Gasteiger partial charge on any atom is -0.508 e. The molecule has 1 aliphatic heterocycles. The average molecular weight is 491 g/mol. The van der Waals surface area contributed by atoms with Crippen LogP contribution in [0.3, 0.4) is 0 Å². The van der Waals surface area contributed by atoms with Crippen LogP contribution in [0.25, 0.3) is 39.1 Å². The average Bonchev–Trinajstić information content (AvgIpc) is 3.54. The summed E-state index contributed by atoms with van der Waals surface area (Å²) in [7, 11) is 0.736. The summed E-state index contributed by atoms with van der Waals surface area (Å²) >= 11 is 0. The van der Waals surface area contributed by atoms with Crippen LogP contribution in [0.4, 0.5) is 0 Å². The normalized spacial score (nSPS) is 15.4. The number of aromatic amines is 2. The summed E-state index contributed by atoms with van der Waals surface area (Å²) in [5.74, 6) is 1.63. The summed E-state index contributed by atoms with van der Waals surface area (Å²) in [4.78, 5) is 10.4. The van der Waals surface area contributed by atoms with Gasteiger partial charge in [0.05, 0.1) is 34.1 Å². The Bertz CT molecular complexity index is 1410. The Balaban J connectivity index is 1.37. The molecule has 1 unspecified atom stereocenters. The molecule has 1 atom stereocenters. The highest BCUT2D eigenvalue weighted by Crippen LogP contribution is 2.32. The summed E-state index contributed by atoms with van der Waals surface area (Å²) < 4.78 is 14.5. The largest absolute Gasteiger partial charge is 0.508 e. The van der Waals surface area contributed by atoms with Crippen molar-refractivity contribution in [3.05, 3.63) is 59.9 Å². The molecule has 0 aliphatic carbocycles. The number of fused-ring (bicyclic) bond motifs is 1. The first kappa shape index (κ1) is 23.5. The molecular weight excluding hydrogens is 460 g/mol. The molecule has 0 saturated carbocycles. The molecule has 0 saturated heterocycles. The van der Waals surface area contributed by atoms with Gasteiger partial charge in [-0.1, -0.05) is 25.1 Å². The zero-order valence-corrected chi connectivity index (χ0v) is 20.8. The van der Waals surface area contributed by atoms with Crippen molar-refractivity contribution in [3.63, 3.8) is 0 Å². The monoisotopic (exact) mass is 490 g/mol. The van der Waals surface area contributed by atoms with Crippen LogP contribution in [0, 0.1) is 0 Å². The van der Waals surface area contributed by atoms with Gasteiger partial charge in [-0.05, 0) is 66.4 Å². The van der Waals surface area contributed by atoms with Gasteiger partial charge in [0.25, 0.3) is 0 Å². The summed E-state index contributed by atoms with van der Waals surface area (Å²) in [6.45, 7) is 4.65. The number of imidazole rings is 1. The van der Waals surface area contributed by atoms with Crippen molar-refractivity contribution in [2.75, 3.05) is 32.4 Å². The number of phenolic OH excluding ortho intramolecular Hbond substituents is 1. The number of benzene rings is 2. The number of phenols is 1. The minimum absolute atomic E-state index is 0.285. The molecule has 9 heteroatoms. The van der Waals surface area contributed by atoms with E-state index in [1.807, 2.05) is 18.3 Å². The lowest BCUT2D eigenvalue weighted by atomic mass is 9.97. The molecule has 5 rings (SSSR count). The van der Waals surface area contributed by atoms with Crippen molar-refractivity contribution in [1.82, 2.24) is 29.8 Å². The fourth-order valence-corrected chi connectivity index (χ4v) is 5.26. The number of rotatable bonds is 8. The second-order valence-corrected chi connectivity index (χ2v) is 10.2. The molecule has 4 N–H and O–H groups in total. The first-order chi connectivity index (χ1) is 17.1. The van der Waals surface area contributed by atoms with Crippen LogP contribution >= 0.6 is 0 Å². The van der Waals surface area contributed by atoms with Crippen LogP contribution < -0.4 is 4.72 Å². The topological polar surface area (TPSA) is 110 Å². The lowest BCUT2D eigenvalue weighted by Crippen LogP contribution is -2.34. The van der Waals surface area contributed by atoms with Gasteiger partial charge in [-0.3, -0.25) is 10.00 Å². The third kappa shape index (κ3) is 4.93. The van der Waals surface area contributed by atoms with E-state index in [4.69, 9.17) is 0 Å². The van der Waals surface area contributed by atoms with Gasteiger partial charge in [-0.25, -0.2) is 13.9 Å². The Morgan fingerprint density at radius 2 is 2.11 bits per heavy atom. The maximum absolute atomic E-state index is 11.7. The van der Waals surface area contributed by atoms with E-state index < -0.39 is 11.0 Å². The van der Waals surface area contributed by atoms with Gasteiger partial charge in [0.15, 0.2) is 5.82 Å². The third-order valence-electron chi connectivity index (χ3n) is 6.54. The number of hydrogen-bond donors (Lipinski definition) is 4.